The molecule has 8 heteroatoms. The van der Waals surface area contributed by atoms with Crippen molar-refractivity contribution in [3.63, 3.8) is 0 Å². The van der Waals surface area contributed by atoms with Gasteiger partial charge in [0.15, 0.2) is 10.7 Å². The number of hydrogen-bond acceptors (Lipinski definition) is 4. The number of benzene rings is 3. The van der Waals surface area contributed by atoms with E-state index in [1.807, 2.05) is 19.1 Å². The Hall–Kier alpha value is -2.93. The van der Waals surface area contributed by atoms with Crippen LogP contribution in [0.25, 0.3) is 22.6 Å². The molecule has 1 amide bonds. The van der Waals surface area contributed by atoms with Crippen LogP contribution >= 0.6 is 35.4 Å². The molecule has 0 spiro atoms. The van der Waals surface area contributed by atoms with Crippen molar-refractivity contribution in [1.82, 2.24) is 10.3 Å². The molecule has 0 aliphatic carbocycles. The molecule has 0 radical (unpaired) electrons. The number of fused-ring (bicyclic) bond motifs is 1. The Morgan fingerprint density at radius 3 is 2.62 bits per heavy atom. The minimum atomic E-state index is -0.372. The zero-order valence-electron chi connectivity index (χ0n) is 18.9. The Balaban J connectivity index is 1.53. The lowest BCUT2D eigenvalue weighted by Crippen LogP contribution is -2.34. The lowest BCUT2D eigenvalue weighted by atomic mass is 9.98. The zero-order valence-corrected chi connectivity index (χ0v) is 21.2. The molecule has 0 aliphatic rings. The second kappa shape index (κ2) is 10.1. The Kier molecular flexibility index (Phi) is 7.22. The van der Waals surface area contributed by atoms with Crippen LogP contribution in [-0.4, -0.2) is 16.0 Å². The maximum absolute atomic E-state index is 12.5. The molecule has 0 fully saturated rings. The third-order valence-electron chi connectivity index (χ3n) is 5.72. The number of anilines is 1. The van der Waals surface area contributed by atoms with E-state index in [4.69, 9.17) is 39.8 Å². The zero-order chi connectivity index (χ0) is 24.4. The normalized spacial score (nSPS) is 11.9. The summed E-state index contributed by atoms with van der Waals surface area (Å²) in [5.41, 5.74) is 5.29. The van der Waals surface area contributed by atoms with E-state index in [2.05, 4.69) is 41.6 Å². The number of nitrogens with zero attached hydrogens (tertiary/aromatic N) is 1. The lowest BCUT2D eigenvalue weighted by molar-refractivity contribution is 0.0977. The van der Waals surface area contributed by atoms with Crippen LogP contribution in [0.4, 0.5) is 5.69 Å². The van der Waals surface area contributed by atoms with Gasteiger partial charge in [0.2, 0.25) is 5.89 Å². The maximum Gasteiger partial charge on any atom is 0.257 e. The van der Waals surface area contributed by atoms with Crippen LogP contribution in [-0.2, 0) is 0 Å². The summed E-state index contributed by atoms with van der Waals surface area (Å²) in [6, 6.07) is 16.5. The largest absolute Gasteiger partial charge is 0.436 e. The molecule has 0 unspecified atom stereocenters. The van der Waals surface area contributed by atoms with Crippen LogP contribution < -0.4 is 10.6 Å². The number of rotatable bonds is 5. The van der Waals surface area contributed by atoms with Gasteiger partial charge < -0.3 is 9.73 Å². The van der Waals surface area contributed by atoms with E-state index in [1.165, 1.54) is 5.56 Å². The average molecular weight is 512 g/mol. The Morgan fingerprint density at radius 2 is 1.88 bits per heavy atom. The Labute approximate surface area is 213 Å². The Morgan fingerprint density at radius 1 is 1.09 bits per heavy atom. The van der Waals surface area contributed by atoms with Crippen molar-refractivity contribution in [2.75, 3.05) is 5.32 Å². The van der Waals surface area contributed by atoms with Gasteiger partial charge in [-0.15, -0.1) is 0 Å². The minimum Gasteiger partial charge on any atom is -0.436 e. The fraction of sp³-hybridized carbons (Fsp3) is 0.192. The molecule has 0 aliphatic heterocycles. The third-order valence-corrected chi connectivity index (χ3v) is 6.66. The highest BCUT2D eigenvalue weighted by Crippen LogP contribution is 2.32. The molecule has 1 aromatic heterocycles. The molecule has 0 saturated carbocycles. The highest BCUT2D eigenvalue weighted by atomic mass is 35.5. The molecule has 34 heavy (non-hydrogen) atoms. The number of amides is 1. The molecule has 1 heterocycles. The number of nitrogens with one attached hydrogen (secondary N) is 2. The van der Waals surface area contributed by atoms with Gasteiger partial charge in [0.25, 0.3) is 5.91 Å². The standard InChI is InChI=1S/C26H23Cl2N3O2S/c1-4-14(2)16-8-10-23-22(12-16)29-25(33-23)18-7-9-19(27)21(13-18)30-26(34)31-24(32)17-6-5-15(3)20(28)11-17/h5-14H,4H2,1-3H3,(H2,30,31,32,34)/t14-/m1/s1. The van der Waals surface area contributed by atoms with Crippen molar-refractivity contribution in [3.8, 4) is 11.5 Å². The highest BCUT2D eigenvalue weighted by molar-refractivity contribution is 7.80. The van der Waals surface area contributed by atoms with Gasteiger partial charge in [-0.3, -0.25) is 10.1 Å². The molecule has 174 valence electrons. The summed E-state index contributed by atoms with van der Waals surface area (Å²) in [6.45, 7) is 6.22. The summed E-state index contributed by atoms with van der Waals surface area (Å²) >= 11 is 17.8. The van der Waals surface area contributed by atoms with Crippen LogP contribution in [0.2, 0.25) is 10.0 Å². The van der Waals surface area contributed by atoms with E-state index in [9.17, 15) is 4.79 Å². The Bertz CT molecular complexity index is 1400. The second-order valence-electron chi connectivity index (χ2n) is 8.12. The first kappa shape index (κ1) is 24.2. The highest BCUT2D eigenvalue weighted by Gasteiger charge is 2.14. The summed E-state index contributed by atoms with van der Waals surface area (Å²) in [4.78, 5) is 17.2. The number of halogens is 2. The van der Waals surface area contributed by atoms with Gasteiger partial charge in [-0.2, -0.15) is 0 Å². The number of aromatic nitrogens is 1. The smallest absolute Gasteiger partial charge is 0.257 e. The van der Waals surface area contributed by atoms with Crippen molar-refractivity contribution >= 4 is 63.2 Å². The van der Waals surface area contributed by atoms with Crippen molar-refractivity contribution in [3.05, 3.63) is 81.3 Å². The number of oxazole rings is 1. The third kappa shape index (κ3) is 5.25. The molecule has 5 nitrogen and oxygen atoms in total. The molecule has 0 saturated heterocycles. The molecule has 0 bridgehead atoms. The molecule has 4 aromatic rings. The summed E-state index contributed by atoms with van der Waals surface area (Å²) < 4.78 is 5.97. The monoisotopic (exact) mass is 511 g/mol. The topological polar surface area (TPSA) is 67.2 Å². The first-order valence-electron chi connectivity index (χ1n) is 10.8. The maximum atomic E-state index is 12.5. The second-order valence-corrected chi connectivity index (χ2v) is 9.34. The van der Waals surface area contributed by atoms with Crippen molar-refractivity contribution in [2.24, 2.45) is 0 Å². The lowest BCUT2D eigenvalue weighted by Gasteiger charge is -2.12. The molecule has 2 N–H and O–H groups in total. The summed E-state index contributed by atoms with van der Waals surface area (Å²) in [6.07, 6.45) is 1.05. The molecular weight excluding hydrogens is 489 g/mol. The molecule has 4 rings (SSSR count). The minimum absolute atomic E-state index is 0.108. The molecular formula is C26H23Cl2N3O2S. The van der Waals surface area contributed by atoms with Crippen LogP contribution in [0.1, 0.15) is 47.7 Å². The van der Waals surface area contributed by atoms with Crippen LogP contribution in [0.3, 0.4) is 0 Å². The van der Waals surface area contributed by atoms with Crippen molar-refractivity contribution in [2.45, 2.75) is 33.1 Å². The van der Waals surface area contributed by atoms with Gasteiger partial charge in [-0.25, -0.2) is 4.98 Å². The summed E-state index contributed by atoms with van der Waals surface area (Å²) in [5.74, 6) is 0.547. The van der Waals surface area contributed by atoms with Crippen LogP contribution in [0.5, 0.6) is 0 Å². The van der Waals surface area contributed by atoms with Crippen molar-refractivity contribution < 1.29 is 9.21 Å². The fourth-order valence-electron chi connectivity index (χ4n) is 3.43. The predicted molar refractivity (Wildman–Crippen MR) is 143 cm³/mol. The van der Waals surface area contributed by atoms with E-state index >= 15 is 0 Å². The quantitative estimate of drug-likeness (QED) is 0.268. The van der Waals surface area contributed by atoms with E-state index in [0.29, 0.717) is 38.7 Å². The average Bonchev–Trinajstić information content (AvgIpc) is 3.25. The number of hydrogen-bond donors (Lipinski definition) is 2. The van der Waals surface area contributed by atoms with Gasteiger partial charge in [0, 0.05) is 16.1 Å². The predicted octanol–water partition coefficient (Wildman–Crippen LogP) is 7.75. The van der Waals surface area contributed by atoms with Crippen molar-refractivity contribution in [1.29, 1.82) is 0 Å². The van der Waals surface area contributed by atoms with Gasteiger partial charge in [-0.05, 0) is 85.1 Å². The first-order chi connectivity index (χ1) is 16.2. The molecule has 3 aromatic carbocycles. The fourth-order valence-corrected chi connectivity index (χ4v) is 3.98. The summed E-state index contributed by atoms with van der Waals surface area (Å²) in [7, 11) is 0. The van der Waals surface area contributed by atoms with E-state index in [1.54, 1.807) is 30.3 Å². The van der Waals surface area contributed by atoms with Gasteiger partial charge in [-0.1, -0.05) is 49.2 Å². The van der Waals surface area contributed by atoms with Gasteiger partial charge >= 0.3 is 0 Å². The van der Waals surface area contributed by atoms with Gasteiger partial charge in [0.1, 0.15) is 5.52 Å². The van der Waals surface area contributed by atoms with Gasteiger partial charge in [0.05, 0.1) is 10.7 Å². The SMILES string of the molecule is CC[C@@H](C)c1ccc2oc(-c3ccc(Cl)c(NC(=S)NC(=O)c4ccc(C)c(Cl)c4)c3)nc2c1. The van der Waals surface area contributed by atoms with Crippen LogP contribution in [0, 0.1) is 6.92 Å². The first-order valence-corrected chi connectivity index (χ1v) is 12.0. The molecule has 1 atom stereocenters. The number of carbonyl (C=O) groups is 1. The van der Waals surface area contributed by atoms with Crippen LogP contribution in [0.15, 0.2) is 59.0 Å². The van der Waals surface area contributed by atoms with E-state index in [0.717, 1.165) is 23.1 Å². The number of thiocarbonyl (C=S) groups is 1. The van der Waals surface area contributed by atoms with E-state index < -0.39 is 0 Å². The van der Waals surface area contributed by atoms with E-state index in [-0.39, 0.29) is 11.0 Å². The number of aryl methyl sites for hydroxylation is 1. The summed E-state index contributed by atoms with van der Waals surface area (Å²) in [5, 5.41) is 6.68. The number of carbonyl (C=O) groups excluding carboxylic acids is 1.